The maximum absolute atomic E-state index is 13.4. The minimum atomic E-state index is -0.844. The van der Waals surface area contributed by atoms with Crippen LogP contribution in [-0.2, 0) is 19.1 Å². The number of fused-ring (bicyclic) bond motifs is 1. The molecule has 3 aliphatic rings. The van der Waals surface area contributed by atoms with Gasteiger partial charge in [-0.1, -0.05) is 12.1 Å². The van der Waals surface area contributed by atoms with E-state index in [0.29, 0.717) is 24.5 Å². The van der Waals surface area contributed by atoms with Crippen LogP contribution in [-0.4, -0.2) is 72.1 Å². The standard InChI is InChI=1S/C22H28N2O6/c1-16(25)29-15-22(13-20(26)23-10-4-5-11-23)9-6-12-24(22)21(27)19-14-28-17-7-2-3-8-18(17)30-19/h2-3,7-8,19H,4-6,9-15H2,1H3. The summed E-state index contributed by atoms with van der Waals surface area (Å²) in [6.45, 7) is 3.44. The lowest BCUT2D eigenvalue weighted by molar-refractivity contribution is -0.157. The third-order valence-electron chi connectivity index (χ3n) is 6.13. The van der Waals surface area contributed by atoms with Gasteiger partial charge in [-0.25, -0.2) is 0 Å². The Labute approximate surface area is 176 Å². The van der Waals surface area contributed by atoms with E-state index in [-0.39, 0.29) is 31.4 Å². The van der Waals surface area contributed by atoms with Crippen LogP contribution in [0.3, 0.4) is 0 Å². The summed E-state index contributed by atoms with van der Waals surface area (Å²) in [5, 5.41) is 0. The number of para-hydroxylation sites is 2. The molecule has 1 aromatic carbocycles. The highest BCUT2D eigenvalue weighted by Gasteiger charge is 2.49. The smallest absolute Gasteiger partial charge is 0.302 e. The van der Waals surface area contributed by atoms with Gasteiger partial charge in [0.1, 0.15) is 13.2 Å². The van der Waals surface area contributed by atoms with Crippen molar-refractivity contribution in [2.45, 2.75) is 50.7 Å². The second-order valence-corrected chi connectivity index (χ2v) is 8.23. The molecule has 162 valence electrons. The van der Waals surface area contributed by atoms with E-state index in [1.807, 2.05) is 17.0 Å². The van der Waals surface area contributed by atoms with Crippen LogP contribution in [0.4, 0.5) is 0 Å². The van der Waals surface area contributed by atoms with E-state index in [4.69, 9.17) is 14.2 Å². The van der Waals surface area contributed by atoms with Crippen LogP contribution >= 0.6 is 0 Å². The molecule has 4 rings (SSSR count). The highest BCUT2D eigenvalue weighted by atomic mass is 16.6. The fraction of sp³-hybridized carbons (Fsp3) is 0.591. The van der Waals surface area contributed by atoms with Crippen molar-refractivity contribution in [2.24, 2.45) is 0 Å². The SMILES string of the molecule is CC(=O)OCC1(CC(=O)N2CCCC2)CCCN1C(=O)C1COc2ccccc2O1. The monoisotopic (exact) mass is 416 g/mol. The molecular weight excluding hydrogens is 388 g/mol. The van der Waals surface area contributed by atoms with E-state index in [1.54, 1.807) is 17.0 Å². The summed E-state index contributed by atoms with van der Waals surface area (Å²) in [6.07, 6.45) is 2.70. The van der Waals surface area contributed by atoms with Gasteiger partial charge in [-0.3, -0.25) is 14.4 Å². The van der Waals surface area contributed by atoms with Crippen molar-refractivity contribution >= 4 is 17.8 Å². The van der Waals surface area contributed by atoms with Gasteiger partial charge >= 0.3 is 5.97 Å². The summed E-state index contributed by atoms with van der Waals surface area (Å²) >= 11 is 0. The number of likely N-dealkylation sites (tertiary alicyclic amines) is 2. The predicted molar refractivity (Wildman–Crippen MR) is 107 cm³/mol. The molecule has 2 unspecified atom stereocenters. The molecule has 2 amide bonds. The highest BCUT2D eigenvalue weighted by Crippen LogP contribution is 2.37. The van der Waals surface area contributed by atoms with E-state index in [9.17, 15) is 14.4 Å². The summed E-state index contributed by atoms with van der Waals surface area (Å²) in [7, 11) is 0. The largest absolute Gasteiger partial charge is 0.485 e. The number of amides is 2. The number of hydrogen-bond donors (Lipinski definition) is 0. The molecule has 0 aromatic heterocycles. The van der Waals surface area contributed by atoms with Gasteiger partial charge in [-0.15, -0.1) is 0 Å². The van der Waals surface area contributed by atoms with Crippen molar-refractivity contribution in [1.29, 1.82) is 0 Å². The first-order valence-corrected chi connectivity index (χ1v) is 10.6. The van der Waals surface area contributed by atoms with Crippen LogP contribution in [0.5, 0.6) is 11.5 Å². The molecule has 2 fully saturated rings. The van der Waals surface area contributed by atoms with Crippen LogP contribution in [0.1, 0.15) is 39.0 Å². The summed E-state index contributed by atoms with van der Waals surface area (Å²) in [6, 6.07) is 7.23. The van der Waals surface area contributed by atoms with Gasteiger partial charge in [0, 0.05) is 26.6 Å². The first-order chi connectivity index (χ1) is 14.5. The Morgan fingerprint density at radius 2 is 1.83 bits per heavy atom. The highest BCUT2D eigenvalue weighted by molar-refractivity contribution is 5.85. The van der Waals surface area contributed by atoms with E-state index >= 15 is 0 Å². The Hall–Kier alpha value is -2.77. The van der Waals surface area contributed by atoms with Gasteiger partial charge in [0.15, 0.2) is 11.5 Å². The molecule has 2 saturated heterocycles. The predicted octanol–water partition coefficient (Wildman–Crippen LogP) is 1.76. The van der Waals surface area contributed by atoms with Crippen LogP contribution in [0.2, 0.25) is 0 Å². The number of ether oxygens (including phenoxy) is 3. The number of benzene rings is 1. The molecule has 0 N–H and O–H groups in total. The average molecular weight is 416 g/mol. The molecule has 30 heavy (non-hydrogen) atoms. The number of carbonyl (C=O) groups excluding carboxylic acids is 3. The number of nitrogens with zero attached hydrogens (tertiary/aromatic N) is 2. The minimum absolute atomic E-state index is 0.00510. The zero-order valence-electron chi connectivity index (χ0n) is 17.3. The van der Waals surface area contributed by atoms with Crippen molar-refractivity contribution in [1.82, 2.24) is 9.80 Å². The molecule has 3 heterocycles. The summed E-state index contributed by atoms with van der Waals surface area (Å²) in [5.41, 5.74) is -0.844. The zero-order chi connectivity index (χ0) is 21.1. The summed E-state index contributed by atoms with van der Waals surface area (Å²) in [5.74, 6) is 0.487. The van der Waals surface area contributed by atoms with Crippen molar-refractivity contribution < 1.29 is 28.6 Å². The van der Waals surface area contributed by atoms with Crippen LogP contribution < -0.4 is 9.47 Å². The zero-order valence-corrected chi connectivity index (χ0v) is 17.3. The summed E-state index contributed by atoms with van der Waals surface area (Å²) in [4.78, 5) is 41.4. The molecule has 2 atom stereocenters. The number of rotatable bonds is 5. The van der Waals surface area contributed by atoms with E-state index < -0.39 is 17.6 Å². The lowest BCUT2D eigenvalue weighted by atomic mass is 9.91. The van der Waals surface area contributed by atoms with Gasteiger partial charge in [-0.05, 0) is 37.8 Å². The Kier molecular flexibility index (Phi) is 5.83. The Balaban J connectivity index is 1.53. The van der Waals surface area contributed by atoms with Gasteiger partial charge < -0.3 is 24.0 Å². The Morgan fingerprint density at radius 3 is 2.57 bits per heavy atom. The topological polar surface area (TPSA) is 85.4 Å². The van der Waals surface area contributed by atoms with Gasteiger partial charge in [0.25, 0.3) is 5.91 Å². The lowest BCUT2D eigenvalue weighted by Crippen LogP contribution is -2.57. The van der Waals surface area contributed by atoms with Crippen LogP contribution in [0.25, 0.3) is 0 Å². The lowest BCUT2D eigenvalue weighted by Gasteiger charge is -2.40. The van der Waals surface area contributed by atoms with Crippen molar-refractivity contribution in [3.05, 3.63) is 24.3 Å². The first-order valence-electron chi connectivity index (χ1n) is 10.6. The van der Waals surface area contributed by atoms with Gasteiger partial charge in [-0.2, -0.15) is 0 Å². The van der Waals surface area contributed by atoms with Gasteiger partial charge in [0.2, 0.25) is 12.0 Å². The third kappa shape index (κ3) is 4.08. The molecule has 0 radical (unpaired) electrons. The normalized spacial score (nSPS) is 25.3. The molecule has 1 aromatic rings. The number of carbonyl (C=O) groups is 3. The molecule has 8 nitrogen and oxygen atoms in total. The van der Waals surface area contributed by atoms with Gasteiger partial charge in [0.05, 0.1) is 12.0 Å². The number of esters is 1. The molecule has 0 aliphatic carbocycles. The van der Waals surface area contributed by atoms with E-state index in [1.165, 1.54) is 6.92 Å². The molecular formula is C22H28N2O6. The second-order valence-electron chi connectivity index (χ2n) is 8.23. The molecule has 3 aliphatic heterocycles. The van der Waals surface area contributed by atoms with Crippen molar-refractivity contribution in [3.8, 4) is 11.5 Å². The fourth-order valence-electron chi connectivity index (χ4n) is 4.58. The molecule has 0 spiro atoms. The maximum Gasteiger partial charge on any atom is 0.302 e. The van der Waals surface area contributed by atoms with Crippen LogP contribution in [0.15, 0.2) is 24.3 Å². The van der Waals surface area contributed by atoms with Crippen molar-refractivity contribution in [3.63, 3.8) is 0 Å². The molecule has 8 heteroatoms. The summed E-state index contributed by atoms with van der Waals surface area (Å²) < 4.78 is 17.0. The van der Waals surface area contributed by atoms with Crippen molar-refractivity contribution in [2.75, 3.05) is 32.8 Å². The quantitative estimate of drug-likeness (QED) is 0.680. The Morgan fingerprint density at radius 1 is 1.10 bits per heavy atom. The fourth-order valence-corrected chi connectivity index (χ4v) is 4.58. The molecule has 0 bridgehead atoms. The average Bonchev–Trinajstić information content (AvgIpc) is 3.42. The number of hydrogen-bond acceptors (Lipinski definition) is 6. The van der Waals surface area contributed by atoms with E-state index in [2.05, 4.69) is 0 Å². The third-order valence-corrected chi connectivity index (χ3v) is 6.13. The minimum Gasteiger partial charge on any atom is -0.485 e. The Bertz CT molecular complexity index is 822. The van der Waals surface area contributed by atoms with E-state index in [0.717, 1.165) is 32.4 Å². The maximum atomic E-state index is 13.4. The second kappa shape index (κ2) is 8.53. The molecule has 0 saturated carbocycles. The first kappa shape index (κ1) is 20.5. The van der Waals surface area contributed by atoms with Crippen LogP contribution in [0, 0.1) is 0 Å².